The van der Waals surface area contributed by atoms with E-state index in [0.717, 1.165) is 12.5 Å². The largest absolute Gasteiger partial charge is 0.416 e. The number of ether oxygens (including phenoxy) is 2. The lowest BCUT2D eigenvalue weighted by Crippen LogP contribution is -2.50. The fourth-order valence-electron chi connectivity index (χ4n) is 4.41. The van der Waals surface area contributed by atoms with Gasteiger partial charge in [-0.2, -0.15) is 13.2 Å². The highest BCUT2D eigenvalue weighted by molar-refractivity contribution is 5.79. The Balaban J connectivity index is 1.71. The summed E-state index contributed by atoms with van der Waals surface area (Å²) in [7, 11) is 1.67. The molecule has 2 heterocycles. The summed E-state index contributed by atoms with van der Waals surface area (Å²) in [6, 6.07) is 5.61. The molecule has 3 rings (SSSR count). The number of halogens is 3. The van der Waals surface area contributed by atoms with E-state index < -0.39 is 17.2 Å². The minimum atomic E-state index is -4.38. The maximum atomic E-state index is 13.3. The van der Waals surface area contributed by atoms with Crippen molar-refractivity contribution in [1.29, 1.82) is 0 Å². The Kier molecular flexibility index (Phi) is 7.82. The minimum absolute atomic E-state index is 0.0930. The SMILES string of the molecule is CN=C(NCC1(CCO)CCOC1)NCC1(c2cccc(C(F)(F)F)c2)CCOCC1. The summed E-state index contributed by atoms with van der Waals surface area (Å²) < 4.78 is 50.9. The first-order valence-corrected chi connectivity index (χ1v) is 10.7. The predicted octanol–water partition coefficient (Wildman–Crippen LogP) is 2.71. The normalized spacial score (nSPS) is 24.2. The molecule has 174 valence electrons. The van der Waals surface area contributed by atoms with Crippen molar-refractivity contribution in [2.24, 2.45) is 10.4 Å². The number of hydrogen-bond acceptors (Lipinski definition) is 4. The molecular formula is C22H32F3N3O3. The molecule has 1 aromatic rings. The highest BCUT2D eigenvalue weighted by Gasteiger charge is 2.38. The number of aliphatic imine (C=N–C) groups is 1. The second kappa shape index (κ2) is 10.2. The highest BCUT2D eigenvalue weighted by Crippen LogP contribution is 2.38. The molecule has 31 heavy (non-hydrogen) atoms. The summed E-state index contributed by atoms with van der Waals surface area (Å²) in [5.74, 6) is 0.585. The van der Waals surface area contributed by atoms with Gasteiger partial charge in [0.25, 0.3) is 0 Å². The van der Waals surface area contributed by atoms with E-state index >= 15 is 0 Å². The van der Waals surface area contributed by atoms with Gasteiger partial charge in [0.1, 0.15) is 0 Å². The van der Waals surface area contributed by atoms with Crippen molar-refractivity contribution in [3.63, 3.8) is 0 Å². The molecule has 0 spiro atoms. The van der Waals surface area contributed by atoms with Crippen LogP contribution in [0.2, 0.25) is 0 Å². The topological polar surface area (TPSA) is 75.1 Å². The molecule has 3 N–H and O–H groups in total. The molecule has 1 unspecified atom stereocenters. The smallest absolute Gasteiger partial charge is 0.396 e. The monoisotopic (exact) mass is 443 g/mol. The number of aliphatic hydroxyl groups excluding tert-OH is 1. The lowest BCUT2D eigenvalue weighted by molar-refractivity contribution is -0.137. The van der Waals surface area contributed by atoms with Gasteiger partial charge in [0, 0.05) is 57.4 Å². The summed E-state index contributed by atoms with van der Waals surface area (Å²) in [6.45, 7) is 3.40. The van der Waals surface area contributed by atoms with Crippen molar-refractivity contribution in [2.45, 2.75) is 37.3 Å². The van der Waals surface area contributed by atoms with E-state index in [4.69, 9.17) is 9.47 Å². The summed E-state index contributed by atoms with van der Waals surface area (Å²) in [5.41, 5.74) is -0.583. The van der Waals surface area contributed by atoms with Gasteiger partial charge in [0.15, 0.2) is 5.96 Å². The molecule has 6 nitrogen and oxygen atoms in total. The second-order valence-corrected chi connectivity index (χ2v) is 8.53. The van der Waals surface area contributed by atoms with Crippen molar-refractivity contribution < 1.29 is 27.8 Å². The molecule has 0 amide bonds. The Morgan fingerprint density at radius 3 is 2.42 bits per heavy atom. The van der Waals surface area contributed by atoms with Crippen LogP contribution >= 0.6 is 0 Å². The highest BCUT2D eigenvalue weighted by atomic mass is 19.4. The van der Waals surface area contributed by atoms with E-state index in [1.165, 1.54) is 12.1 Å². The van der Waals surface area contributed by atoms with E-state index in [0.29, 0.717) is 70.3 Å². The predicted molar refractivity (Wildman–Crippen MR) is 112 cm³/mol. The summed E-state index contributed by atoms with van der Waals surface area (Å²) >= 11 is 0. The molecule has 1 atom stereocenters. The fourth-order valence-corrected chi connectivity index (χ4v) is 4.41. The van der Waals surface area contributed by atoms with Crippen molar-refractivity contribution >= 4 is 5.96 Å². The van der Waals surface area contributed by atoms with Gasteiger partial charge < -0.3 is 25.2 Å². The lowest BCUT2D eigenvalue weighted by Gasteiger charge is -2.39. The minimum Gasteiger partial charge on any atom is -0.396 e. The van der Waals surface area contributed by atoms with Gasteiger partial charge in [-0.25, -0.2) is 0 Å². The number of alkyl halides is 3. The molecule has 2 saturated heterocycles. The number of nitrogens with one attached hydrogen (secondary N) is 2. The van der Waals surface area contributed by atoms with E-state index in [2.05, 4.69) is 15.6 Å². The van der Waals surface area contributed by atoms with Gasteiger partial charge in [0.2, 0.25) is 0 Å². The van der Waals surface area contributed by atoms with E-state index in [-0.39, 0.29) is 12.0 Å². The Hall–Kier alpha value is -1.84. The average Bonchev–Trinajstić information content (AvgIpc) is 3.23. The summed E-state index contributed by atoms with van der Waals surface area (Å²) in [5, 5.41) is 16.0. The van der Waals surface area contributed by atoms with Gasteiger partial charge >= 0.3 is 6.18 Å². The van der Waals surface area contributed by atoms with Crippen molar-refractivity contribution in [2.75, 3.05) is 53.2 Å². The Morgan fingerprint density at radius 2 is 1.81 bits per heavy atom. The number of hydrogen-bond donors (Lipinski definition) is 3. The van der Waals surface area contributed by atoms with Crippen LogP contribution in [0.25, 0.3) is 0 Å². The first-order chi connectivity index (χ1) is 14.8. The zero-order valence-corrected chi connectivity index (χ0v) is 17.9. The Bertz CT molecular complexity index is 743. The van der Waals surface area contributed by atoms with Gasteiger partial charge in [-0.3, -0.25) is 4.99 Å². The van der Waals surface area contributed by atoms with Gasteiger partial charge in [-0.15, -0.1) is 0 Å². The quantitative estimate of drug-likeness (QED) is 0.446. The zero-order valence-electron chi connectivity index (χ0n) is 17.9. The van der Waals surface area contributed by atoms with Crippen molar-refractivity contribution in [3.05, 3.63) is 35.4 Å². The molecular weight excluding hydrogens is 411 g/mol. The maximum Gasteiger partial charge on any atom is 0.416 e. The first-order valence-electron chi connectivity index (χ1n) is 10.7. The molecule has 0 saturated carbocycles. The van der Waals surface area contributed by atoms with E-state index in [9.17, 15) is 18.3 Å². The van der Waals surface area contributed by atoms with E-state index in [1.54, 1.807) is 13.1 Å². The summed E-state index contributed by atoms with van der Waals surface area (Å²) in [4.78, 5) is 4.29. The molecule has 0 aliphatic carbocycles. The van der Waals surface area contributed by atoms with Crippen LogP contribution in [-0.2, 0) is 21.1 Å². The van der Waals surface area contributed by atoms with Crippen LogP contribution in [0.1, 0.15) is 36.8 Å². The van der Waals surface area contributed by atoms with Gasteiger partial charge in [-0.05, 0) is 37.3 Å². The molecule has 0 radical (unpaired) electrons. The van der Waals surface area contributed by atoms with E-state index in [1.807, 2.05) is 0 Å². The number of benzene rings is 1. The van der Waals surface area contributed by atoms with Crippen LogP contribution < -0.4 is 10.6 Å². The standard InChI is InChI=1S/C22H32F3N3O3/c1-26-19(27-14-20(5-9-29)6-10-31-16-20)28-15-21(7-11-30-12-8-21)17-3-2-4-18(13-17)22(23,24)25/h2-4,13,29H,5-12,14-16H2,1H3,(H2,26,27,28). The third kappa shape index (κ3) is 5.90. The molecule has 9 heteroatoms. The van der Waals surface area contributed by atoms with Crippen LogP contribution in [0.5, 0.6) is 0 Å². The number of rotatable bonds is 7. The van der Waals surface area contributed by atoms with Crippen molar-refractivity contribution in [3.8, 4) is 0 Å². The second-order valence-electron chi connectivity index (χ2n) is 8.53. The fraction of sp³-hybridized carbons (Fsp3) is 0.682. The molecule has 1 aromatic carbocycles. The van der Waals surface area contributed by atoms with Crippen LogP contribution in [0.3, 0.4) is 0 Å². The average molecular weight is 444 g/mol. The number of nitrogens with zero attached hydrogens (tertiary/aromatic N) is 1. The van der Waals surface area contributed by atoms with Crippen LogP contribution in [-0.4, -0.2) is 64.2 Å². The van der Waals surface area contributed by atoms with Crippen molar-refractivity contribution in [1.82, 2.24) is 10.6 Å². The van der Waals surface area contributed by atoms with Gasteiger partial charge in [-0.1, -0.05) is 18.2 Å². The summed E-state index contributed by atoms with van der Waals surface area (Å²) in [6.07, 6.45) is -1.62. The molecule has 2 fully saturated rings. The van der Waals surface area contributed by atoms with Crippen LogP contribution in [0.15, 0.2) is 29.3 Å². The molecule has 2 aliphatic rings. The number of guanidine groups is 1. The maximum absolute atomic E-state index is 13.3. The van der Waals surface area contributed by atoms with Gasteiger partial charge in [0.05, 0.1) is 12.2 Å². The zero-order chi connectivity index (χ0) is 22.4. The molecule has 2 aliphatic heterocycles. The molecule has 0 bridgehead atoms. The molecule has 0 aromatic heterocycles. The Morgan fingerprint density at radius 1 is 1.10 bits per heavy atom. The van der Waals surface area contributed by atoms with Crippen LogP contribution in [0.4, 0.5) is 13.2 Å². The first kappa shape index (κ1) is 23.8. The number of aliphatic hydroxyl groups is 1. The lowest BCUT2D eigenvalue weighted by atomic mass is 9.73. The van der Waals surface area contributed by atoms with Crippen LogP contribution in [0, 0.1) is 5.41 Å². The third-order valence-corrected chi connectivity index (χ3v) is 6.53. The third-order valence-electron chi connectivity index (χ3n) is 6.53. The Labute approximate surface area is 181 Å².